The quantitative estimate of drug-likeness (QED) is 0.441. The van der Waals surface area contributed by atoms with E-state index < -0.39 is 4.92 Å². The molecule has 0 bridgehead atoms. The van der Waals surface area contributed by atoms with E-state index in [0.717, 1.165) is 11.3 Å². The van der Waals surface area contributed by atoms with Crippen molar-refractivity contribution >= 4 is 23.0 Å². The molecule has 0 aromatic heterocycles. The number of hydrogen-bond acceptors (Lipinski definition) is 3. The lowest BCUT2D eigenvalue weighted by atomic mass is 9.85. The summed E-state index contributed by atoms with van der Waals surface area (Å²) in [5, 5.41) is 10.9. The first kappa shape index (κ1) is 18.4. The maximum absolute atomic E-state index is 12.7. The number of nitro groups is 1. The molecule has 5 nitrogen and oxygen atoms in total. The molecule has 0 fully saturated rings. The molecule has 0 unspecified atom stereocenters. The zero-order valence-corrected chi connectivity index (χ0v) is 14.9. The van der Waals surface area contributed by atoms with Crippen LogP contribution in [0.25, 0.3) is 0 Å². The maximum atomic E-state index is 12.7. The Morgan fingerprint density at radius 3 is 2.20 bits per heavy atom. The fourth-order valence-electron chi connectivity index (χ4n) is 2.63. The lowest BCUT2D eigenvalue weighted by Crippen LogP contribution is -2.27. The van der Waals surface area contributed by atoms with Gasteiger partial charge in [0.05, 0.1) is 10.6 Å². The first-order chi connectivity index (χ1) is 11.8. The second-order valence-electron chi connectivity index (χ2n) is 6.71. The van der Waals surface area contributed by atoms with Gasteiger partial charge in [0.2, 0.25) is 0 Å². The summed E-state index contributed by atoms with van der Waals surface area (Å²) in [4.78, 5) is 24.8. The highest BCUT2D eigenvalue weighted by molar-refractivity contribution is 6.07. The third kappa shape index (κ3) is 4.12. The van der Waals surface area contributed by atoms with Crippen LogP contribution < -0.4 is 4.90 Å². The number of nitro benzene ring substituents is 1. The van der Waals surface area contributed by atoms with Crippen molar-refractivity contribution in [2.24, 2.45) is 0 Å². The predicted molar refractivity (Wildman–Crippen MR) is 100 cm³/mol. The van der Waals surface area contributed by atoms with Crippen molar-refractivity contribution in [1.82, 2.24) is 0 Å². The van der Waals surface area contributed by atoms with Crippen molar-refractivity contribution in [3.8, 4) is 0 Å². The first-order valence-corrected chi connectivity index (χ1v) is 8.06. The number of carbonyl (C=O) groups is 1. The molecule has 0 atom stereocenters. The van der Waals surface area contributed by atoms with E-state index in [1.165, 1.54) is 18.2 Å². The molecule has 2 rings (SSSR count). The molecular formula is C20H22N2O3. The van der Waals surface area contributed by atoms with Gasteiger partial charge in [-0.05, 0) is 42.2 Å². The van der Waals surface area contributed by atoms with Crippen LogP contribution in [0, 0.1) is 10.1 Å². The second-order valence-corrected chi connectivity index (χ2v) is 6.71. The Morgan fingerprint density at radius 1 is 1.08 bits per heavy atom. The number of non-ortho nitro benzene ring substituents is 1. The van der Waals surface area contributed by atoms with Gasteiger partial charge in [-0.3, -0.25) is 19.8 Å². The number of benzene rings is 2. The van der Waals surface area contributed by atoms with E-state index in [1.807, 2.05) is 24.3 Å². The first-order valence-electron chi connectivity index (χ1n) is 8.06. The molecule has 0 spiro atoms. The van der Waals surface area contributed by atoms with Gasteiger partial charge in [0.1, 0.15) is 0 Å². The van der Waals surface area contributed by atoms with E-state index in [0.29, 0.717) is 5.69 Å². The molecule has 0 radical (unpaired) electrons. The standard InChI is InChI=1S/C20H22N2O3/c1-5-8-19(23)21(15-11-13-16(14-12-15)22(24)25)18-10-7-6-9-17(18)20(2,3)4/h5-14H,1-4H3/b8-5+. The molecule has 0 saturated carbocycles. The number of amides is 1. The van der Waals surface area contributed by atoms with Crippen LogP contribution in [0.15, 0.2) is 60.7 Å². The predicted octanol–water partition coefficient (Wildman–Crippen LogP) is 5.13. The molecule has 25 heavy (non-hydrogen) atoms. The van der Waals surface area contributed by atoms with Gasteiger partial charge in [-0.25, -0.2) is 0 Å². The molecule has 130 valence electrons. The Balaban J connectivity index is 2.63. The van der Waals surface area contributed by atoms with Crippen molar-refractivity contribution < 1.29 is 9.72 Å². The highest BCUT2D eigenvalue weighted by Gasteiger charge is 2.25. The third-order valence-electron chi connectivity index (χ3n) is 3.80. The van der Waals surface area contributed by atoms with E-state index >= 15 is 0 Å². The number of anilines is 2. The SMILES string of the molecule is C/C=C/C(=O)N(c1ccc([N+](=O)[O-])cc1)c1ccccc1C(C)(C)C. The Bertz CT molecular complexity index is 802. The average molecular weight is 338 g/mol. The van der Waals surface area contributed by atoms with Crippen LogP contribution in [0.1, 0.15) is 33.3 Å². The number of rotatable bonds is 4. The second kappa shape index (κ2) is 7.30. The Kier molecular flexibility index (Phi) is 5.37. The van der Waals surface area contributed by atoms with E-state index in [1.54, 1.807) is 30.0 Å². The summed E-state index contributed by atoms with van der Waals surface area (Å²) in [7, 11) is 0. The summed E-state index contributed by atoms with van der Waals surface area (Å²) in [6.07, 6.45) is 3.17. The van der Waals surface area contributed by atoms with Crippen LogP contribution >= 0.6 is 0 Å². The van der Waals surface area contributed by atoms with Crippen molar-refractivity contribution in [2.45, 2.75) is 33.1 Å². The van der Waals surface area contributed by atoms with Gasteiger partial charge in [-0.2, -0.15) is 0 Å². The summed E-state index contributed by atoms with van der Waals surface area (Å²) in [6, 6.07) is 13.7. The van der Waals surface area contributed by atoms with Crippen LogP contribution in [-0.4, -0.2) is 10.8 Å². The van der Waals surface area contributed by atoms with E-state index in [4.69, 9.17) is 0 Å². The normalized spacial score (nSPS) is 11.5. The van der Waals surface area contributed by atoms with Crippen molar-refractivity contribution in [3.63, 3.8) is 0 Å². The largest absolute Gasteiger partial charge is 0.277 e. The Labute approximate surface area is 147 Å². The monoisotopic (exact) mass is 338 g/mol. The van der Waals surface area contributed by atoms with Crippen molar-refractivity contribution in [2.75, 3.05) is 4.90 Å². The number of allylic oxidation sites excluding steroid dienone is 1. The third-order valence-corrected chi connectivity index (χ3v) is 3.80. The molecule has 2 aromatic carbocycles. The topological polar surface area (TPSA) is 63.5 Å². The van der Waals surface area contributed by atoms with E-state index in [9.17, 15) is 14.9 Å². The van der Waals surface area contributed by atoms with Crippen molar-refractivity contribution in [3.05, 3.63) is 76.4 Å². The summed E-state index contributed by atoms with van der Waals surface area (Å²) < 4.78 is 0. The Hall–Kier alpha value is -2.95. The van der Waals surface area contributed by atoms with Gasteiger partial charge >= 0.3 is 0 Å². The summed E-state index contributed by atoms with van der Waals surface area (Å²) in [6.45, 7) is 8.03. The van der Waals surface area contributed by atoms with Gasteiger partial charge in [0.25, 0.3) is 11.6 Å². The lowest BCUT2D eigenvalue weighted by molar-refractivity contribution is -0.384. The van der Waals surface area contributed by atoms with E-state index in [2.05, 4.69) is 20.8 Å². The van der Waals surface area contributed by atoms with Crippen LogP contribution in [0.3, 0.4) is 0 Å². The summed E-state index contributed by atoms with van der Waals surface area (Å²) in [5.74, 6) is -0.201. The maximum Gasteiger partial charge on any atom is 0.269 e. The molecule has 5 heteroatoms. The molecule has 1 amide bonds. The van der Waals surface area contributed by atoms with Crippen LogP contribution in [0.4, 0.5) is 17.1 Å². The molecule has 2 aromatic rings. The summed E-state index contributed by atoms with van der Waals surface area (Å²) in [5.41, 5.74) is 2.21. The van der Waals surface area contributed by atoms with Crippen LogP contribution in [0.5, 0.6) is 0 Å². The average Bonchev–Trinajstić information content (AvgIpc) is 2.55. The zero-order chi connectivity index (χ0) is 18.6. The molecule has 0 heterocycles. The van der Waals surface area contributed by atoms with Gasteiger partial charge in [0, 0.05) is 17.8 Å². The Morgan fingerprint density at radius 2 is 1.68 bits per heavy atom. The van der Waals surface area contributed by atoms with Gasteiger partial charge in [0.15, 0.2) is 0 Å². The van der Waals surface area contributed by atoms with Gasteiger partial charge < -0.3 is 0 Å². The van der Waals surface area contributed by atoms with Gasteiger partial charge in [-0.1, -0.05) is 45.0 Å². The van der Waals surface area contributed by atoms with Crippen molar-refractivity contribution in [1.29, 1.82) is 0 Å². The number of para-hydroxylation sites is 1. The summed E-state index contributed by atoms with van der Waals surface area (Å²) >= 11 is 0. The fourth-order valence-corrected chi connectivity index (χ4v) is 2.63. The number of nitrogens with zero attached hydrogens (tertiary/aromatic N) is 2. The lowest BCUT2D eigenvalue weighted by Gasteiger charge is -2.29. The molecule has 0 aliphatic rings. The minimum Gasteiger partial charge on any atom is -0.277 e. The van der Waals surface area contributed by atoms with Gasteiger partial charge in [-0.15, -0.1) is 0 Å². The molecule has 0 aliphatic heterocycles. The molecule has 0 N–H and O–H groups in total. The van der Waals surface area contributed by atoms with Crippen LogP contribution in [0.2, 0.25) is 0 Å². The number of hydrogen-bond donors (Lipinski definition) is 0. The number of carbonyl (C=O) groups excluding carboxylic acids is 1. The fraction of sp³-hybridized carbons (Fsp3) is 0.250. The highest BCUT2D eigenvalue weighted by Crippen LogP contribution is 2.36. The van der Waals surface area contributed by atoms with E-state index in [-0.39, 0.29) is 17.0 Å². The molecule has 0 aliphatic carbocycles. The molecule has 0 saturated heterocycles. The smallest absolute Gasteiger partial charge is 0.269 e. The highest BCUT2D eigenvalue weighted by atomic mass is 16.6. The molecular weight excluding hydrogens is 316 g/mol. The van der Waals surface area contributed by atoms with Crippen LogP contribution in [-0.2, 0) is 10.2 Å². The zero-order valence-electron chi connectivity index (χ0n) is 14.9. The minimum atomic E-state index is -0.453. The minimum absolute atomic E-state index is 0.00807.